The minimum atomic E-state index is 0.372. The minimum Gasteiger partial charge on any atom is -0.294 e. The van der Waals surface area contributed by atoms with Crippen molar-refractivity contribution < 1.29 is 4.79 Å². The topological polar surface area (TPSA) is 17.1 Å². The van der Waals surface area contributed by atoms with Gasteiger partial charge in [0.2, 0.25) is 0 Å². The molecule has 0 amide bonds. The van der Waals surface area contributed by atoms with Crippen LogP contribution in [-0.2, 0) is 4.79 Å². The van der Waals surface area contributed by atoms with Crippen molar-refractivity contribution in [1.29, 1.82) is 0 Å². The van der Waals surface area contributed by atoms with Gasteiger partial charge in [-0.05, 0) is 56.4 Å². The second kappa shape index (κ2) is 4.96. The largest absolute Gasteiger partial charge is 0.294 e. The maximum atomic E-state index is 12.1. The smallest absolute Gasteiger partial charge is 0.161 e. The molecule has 0 unspecified atom stereocenters. The van der Waals surface area contributed by atoms with E-state index in [1.807, 2.05) is 0 Å². The fourth-order valence-electron chi connectivity index (χ4n) is 2.99. The van der Waals surface area contributed by atoms with E-state index < -0.39 is 0 Å². The Morgan fingerprint density at radius 1 is 1.33 bits per heavy atom. The number of Topliss-reactive ketones (excluding diaryl/α,β-unsaturated/α-hetero) is 1. The number of allylic oxidation sites excluding steroid dienone is 2. The molecule has 0 heterocycles. The maximum Gasteiger partial charge on any atom is 0.161 e. The molecule has 0 aromatic heterocycles. The molecule has 0 aliphatic heterocycles. The van der Waals surface area contributed by atoms with E-state index in [1.165, 1.54) is 25.7 Å². The molecule has 0 aromatic carbocycles. The number of hydrogen-bond donors (Lipinski definition) is 0. The van der Waals surface area contributed by atoms with Gasteiger partial charge in [0.05, 0.1) is 0 Å². The van der Waals surface area contributed by atoms with E-state index in [9.17, 15) is 4.79 Å². The number of hydrogen-bond acceptors (Lipinski definition) is 1. The van der Waals surface area contributed by atoms with Gasteiger partial charge in [0, 0.05) is 5.92 Å². The Kier molecular flexibility index (Phi) is 3.61. The summed E-state index contributed by atoms with van der Waals surface area (Å²) in [5.74, 6) is 1.76. The maximum absolute atomic E-state index is 12.1. The highest BCUT2D eigenvalue weighted by Gasteiger charge is 2.27. The van der Waals surface area contributed by atoms with Crippen molar-refractivity contribution in [1.82, 2.24) is 0 Å². The van der Waals surface area contributed by atoms with Gasteiger partial charge in [0.25, 0.3) is 0 Å². The van der Waals surface area contributed by atoms with Crippen LogP contribution in [0.3, 0.4) is 0 Å². The highest BCUT2D eigenvalue weighted by molar-refractivity contribution is 5.97. The van der Waals surface area contributed by atoms with Crippen molar-refractivity contribution in [2.45, 2.75) is 58.3 Å². The monoisotopic (exact) mass is 206 g/mol. The molecule has 0 aromatic rings. The van der Waals surface area contributed by atoms with E-state index in [0.29, 0.717) is 11.7 Å². The lowest BCUT2D eigenvalue weighted by molar-refractivity contribution is -0.120. The lowest BCUT2D eigenvalue weighted by Gasteiger charge is -2.27. The van der Waals surface area contributed by atoms with Crippen LogP contribution in [0.25, 0.3) is 0 Å². The fraction of sp³-hybridized carbons (Fsp3) is 0.786. The quantitative estimate of drug-likeness (QED) is 0.685. The standard InChI is InChI=1S/C14H22O/c1-2-11-7-9-13(10-8-11)14(15)12-5-3-4-6-12/h5,11,13H,2-4,6-10H2,1H3. The Hall–Kier alpha value is -0.590. The molecule has 1 fully saturated rings. The minimum absolute atomic E-state index is 0.372. The Bertz CT molecular complexity index is 257. The van der Waals surface area contributed by atoms with Crippen LogP contribution in [0.2, 0.25) is 0 Å². The lowest BCUT2D eigenvalue weighted by atomic mass is 9.77. The van der Waals surface area contributed by atoms with Crippen LogP contribution in [0.1, 0.15) is 58.3 Å². The van der Waals surface area contributed by atoms with Crippen LogP contribution < -0.4 is 0 Å². The average molecular weight is 206 g/mol. The Morgan fingerprint density at radius 2 is 2.07 bits per heavy atom. The van der Waals surface area contributed by atoms with E-state index >= 15 is 0 Å². The average Bonchev–Trinajstić information content (AvgIpc) is 2.82. The molecule has 84 valence electrons. The predicted octanol–water partition coefficient (Wildman–Crippen LogP) is 3.88. The van der Waals surface area contributed by atoms with Crippen molar-refractivity contribution >= 4 is 5.78 Å². The van der Waals surface area contributed by atoms with Crippen molar-refractivity contribution in [2.75, 3.05) is 0 Å². The van der Waals surface area contributed by atoms with Crippen LogP contribution in [-0.4, -0.2) is 5.78 Å². The summed E-state index contributed by atoms with van der Waals surface area (Å²) in [6.07, 6.45) is 11.7. The molecule has 1 heteroatoms. The third-order valence-electron chi connectivity index (χ3n) is 4.15. The highest BCUT2D eigenvalue weighted by atomic mass is 16.1. The summed E-state index contributed by atoms with van der Waals surface area (Å²) in [5.41, 5.74) is 1.15. The zero-order chi connectivity index (χ0) is 10.7. The first-order valence-electron chi connectivity index (χ1n) is 6.54. The molecule has 2 aliphatic rings. The highest BCUT2D eigenvalue weighted by Crippen LogP contribution is 2.34. The fourth-order valence-corrected chi connectivity index (χ4v) is 2.99. The van der Waals surface area contributed by atoms with Crippen molar-refractivity contribution in [3.8, 4) is 0 Å². The molecule has 0 bridgehead atoms. The zero-order valence-corrected chi connectivity index (χ0v) is 9.80. The van der Waals surface area contributed by atoms with Crippen LogP contribution in [0.15, 0.2) is 11.6 Å². The number of carbonyl (C=O) groups is 1. The third-order valence-corrected chi connectivity index (χ3v) is 4.15. The van der Waals surface area contributed by atoms with Gasteiger partial charge in [0.15, 0.2) is 5.78 Å². The molecular weight excluding hydrogens is 184 g/mol. The first-order chi connectivity index (χ1) is 7.31. The lowest BCUT2D eigenvalue weighted by Crippen LogP contribution is -2.22. The van der Waals surface area contributed by atoms with Crippen molar-refractivity contribution in [2.24, 2.45) is 11.8 Å². The summed E-state index contributed by atoms with van der Waals surface area (Å²) < 4.78 is 0. The molecule has 0 atom stereocenters. The molecule has 15 heavy (non-hydrogen) atoms. The van der Waals surface area contributed by atoms with E-state index in [2.05, 4.69) is 13.0 Å². The van der Waals surface area contributed by atoms with Crippen molar-refractivity contribution in [3.63, 3.8) is 0 Å². The second-order valence-electron chi connectivity index (χ2n) is 5.11. The first-order valence-corrected chi connectivity index (χ1v) is 6.54. The summed E-state index contributed by atoms with van der Waals surface area (Å²) in [6, 6.07) is 0. The molecular formula is C14H22O. The van der Waals surface area contributed by atoms with Gasteiger partial charge in [0.1, 0.15) is 0 Å². The molecule has 0 N–H and O–H groups in total. The van der Waals surface area contributed by atoms with Crippen LogP contribution >= 0.6 is 0 Å². The van der Waals surface area contributed by atoms with Gasteiger partial charge < -0.3 is 0 Å². The molecule has 0 radical (unpaired) electrons. The summed E-state index contributed by atoms with van der Waals surface area (Å²) in [7, 11) is 0. The van der Waals surface area contributed by atoms with Gasteiger partial charge >= 0.3 is 0 Å². The van der Waals surface area contributed by atoms with Gasteiger partial charge in [-0.1, -0.05) is 19.4 Å². The SMILES string of the molecule is CCC1CCC(C(=O)C2=CCCC2)CC1. The number of rotatable bonds is 3. The Morgan fingerprint density at radius 3 is 2.60 bits per heavy atom. The first kappa shape index (κ1) is 10.9. The molecule has 0 spiro atoms. The molecule has 2 rings (SSSR count). The summed E-state index contributed by atoms with van der Waals surface area (Å²) in [6.45, 7) is 2.27. The van der Waals surface area contributed by atoms with Crippen LogP contribution in [0.4, 0.5) is 0 Å². The van der Waals surface area contributed by atoms with Crippen molar-refractivity contribution in [3.05, 3.63) is 11.6 Å². The Labute approximate surface area is 92.9 Å². The summed E-state index contributed by atoms with van der Waals surface area (Å²) in [5, 5.41) is 0. The predicted molar refractivity (Wildman–Crippen MR) is 62.7 cm³/mol. The Balaban J connectivity index is 1.87. The van der Waals surface area contributed by atoms with Gasteiger partial charge in [-0.25, -0.2) is 0 Å². The zero-order valence-electron chi connectivity index (χ0n) is 9.80. The van der Waals surface area contributed by atoms with E-state index in [4.69, 9.17) is 0 Å². The van der Waals surface area contributed by atoms with Crippen LogP contribution in [0.5, 0.6) is 0 Å². The van der Waals surface area contributed by atoms with E-state index in [0.717, 1.165) is 37.2 Å². The second-order valence-corrected chi connectivity index (χ2v) is 5.11. The molecule has 1 saturated carbocycles. The van der Waals surface area contributed by atoms with Gasteiger partial charge in [-0.2, -0.15) is 0 Å². The van der Waals surface area contributed by atoms with E-state index in [1.54, 1.807) is 0 Å². The summed E-state index contributed by atoms with van der Waals surface area (Å²) in [4.78, 5) is 12.1. The number of carbonyl (C=O) groups excluding carboxylic acids is 1. The molecule has 1 nitrogen and oxygen atoms in total. The van der Waals surface area contributed by atoms with Gasteiger partial charge in [-0.15, -0.1) is 0 Å². The normalized spacial score (nSPS) is 31.4. The van der Waals surface area contributed by atoms with E-state index in [-0.39, 0.29) is 0 Å². The van der Waals surface area contributed by atoms with Crippen LogP contribution in [0, 0.1) is 11.8 Å². The molecule has 0 saturated heterocycles. The number of ketones is 1. The summed E-state index contributed by atoms with van der Waals surface area (Å²) >= 11 is 0. The van der Waals surface area contributed by atoms with Gasteiger partial charge in [-0.3, -0.25) is 4.79 Å². The molecule has 2 aliphatic carbocycles. The third kappa shape index (κ3) is 2.50.